The van der Waals surface area contributed by atoms with Gasteiger partial charge in [0.1, 0.15) is 0 Å². The van der Waals surface area contributed by atoms with Crippen LogP contribution in [0.5, 0.6) is 0 Å². The van der Waals surface area contributed by atoms with Crippen LogP contribution in [0.2, 0.25) is 0 Å². The number of rotatable bonds is 1. The Bertz CT molecular complexity index is 482. The molecule has 3 nitrogen and oxygen atoms in total. The fourth-order valence-corrected chi connectivity index (χ4v) is 3.56. The predicted molar refractivity (Wildman–Crippen MR) is 86.9 cm³/mol. The van der Waals surface area contributed by atoms with Gasteiger partial charge in [0, 0.05) is 29.7 Å². The number of halogens is 2. The molecule has 0 radical (unpaired) electrons. The number of benzene rings is 1. The number of nitrogens with zero attached hydrogens (tertiary/aromatic N) is 1. The van der Waals surface area contributed by atoms with E-state index in [0.717, 1.165) is 40.9 Å². The minimum atomic E-state index is 0. The molecule has 2 atom stereocenters. The summed E-state index contributed by atoms with van der Waals surface area (Å²) in [5.41, 5.74) is 2.02. The van der Waals surface area contributed by atoms with Gasteiger partial charge in [-0.15, -0.1) is 12.4 Å². The first-order valence-corrected chi connectivity index (χ1v) is 7.49. The Morgan fingerprint density at radius 3 is 2.58 bits per heavy atom. The topological polar surface area (TPSA) is 32.3 Å². The van der Waals surface area contributed by atoms with Gasteiger partial charge in [-0.2, -0.15) is 0 Å². The van der Waals surface area contributed by atoms with Gasteiger partial charge in [-0.1, -0.05) is 11.6 Å². The van der Waals surface area contributed by atoms with E-state index in [9.17, 15) is 4.79 Å². The summed E-state index contributed by atoms with van der Waals surface area (Å²) < 4.78 is 1.05. The molecule has 0 bridgehead atoms. The van der Waals surface area contributed by atoms with E-state index in [1.54, 1.807) is 0 Å². The lowest BCUT2D eigenvalue weighted by molar-refractivity contribution is 0.0780. The Kier molecular flexibility index (Phi) is 4.74. The average Bonchev–Trinajstić information content (AvgIpc) is 2.91. The molecule has 0 aromatic heterocycles. The summed E-state index contributed by atoms with van der Waals surface area (Å²) in [6.45, 7) is 6.01. The van der Waals surface area contributed by atoms with E-state index >= 15 is 0 Å². The zero-order valence-electron chi connectivity index (χ0n) is 10.9. The lowest BCUT2D eigenvalue weighted by Crippen LogP contribution is -2.32. The van der Waals surface area contributed by atoms with Crippen molar-refractivity contribution in [3.8, 4) is 0 Å². The van der Waals surface area contributed by atoms with Crippen molar-refractivity contribution in [2.75, 3.05) is 26.2 Å². The molecule has 3 rings (SSSR count). The van der Waals surface area contributed by atoms with Crippen LogP contribution in [0.25, 0.3) is 0 Å². The number of carbonyl (C=O) groups is 1. The van der Waals surface area contributed by atoms with Gasteiger partial charge in [-0.05, 0) is 53.5 Å². The SMILES string of the molecule is Cc1ccc(I)c(C(=O)N2C[C@H]3CNC[C@H]3C2)c1.Cl. The van der Waals surface area contributed by atoms with Crippen molar-refractivity contribution >= 4 is 40.9 Å². The predicted octanol–water partition coefficient (Wildman–Crippen LogP) is 2.31. The smallest absolute Gasteiger partial charge is 0.254 e. The quantitative estimate of drug-likeness (QED) is 0.744. The number of hydrogen-bond acceptors (Lipinski definition) is 2. The van der Waals surface area contributed by atoms with E-state index < -0.39 is 0 Å². The number of nitrogens with one attached hydrogen (secondary N) is 1. The van der Waals surface area contributed by atoms with Crippen molar-refractivity contribution in [3.05, 3.63) is 32.9 Å². The third-order valence-electron chi connectivity index (χ3n) is 4.03. The van der Waals surface area contributed by atoms with Crippen molar-refractivity contribution in [1.82, 2.24) is 10.2 Å². The van der Waals surface area contributed by atoms with Gasteiger partial charge in [-0.3, -0.25) is 4.79 Å². The van der Waals surface area contributed by atoms with Crippen LogP contribution in [0.4, 0.5) is 0 Å². The summed E-state index contributed by atoms with van der Waals surface area (Å²) in [7, 11) is 0. The van der Waals surface area contributed by atoms with Crippen LogP contribution in [0.15, 0.2) is 18.2 Å². The van der Waals surface area contributed by atoms with E-state index in [4.69, 9.17) is 0 Å². The van der Waals surface area contributed by atoms with E-state index in [-0.39, 0.29) is 18.3 Å². The lowest BCUT2D eigenvalue weighted by Gasteiger charge is -2.18. The van der Waals surface area contributed by atoms with Crippen LogP contribution in [-0.4, -0.2) is 37.0 Å². The van der Waals surface area contributed by atoms with Crippen LogP contribution >= 0.6 is 35.0 Å². The summed E-state index contributed by atoms with van der Waals surface area (Å²) in [5, 5.41) is 3.40. The Balaban J connectivity index is 0.00000133. The highest BCUT2D eigenvalue weighted by Crippen LogP contribution is 2.28. The first-order chi connectivity index (χ1) is 8.65. The molecule has 0 spiro atoms. The van der Waals surface area contributed by atoms with Gasteiger partial charge < -0.3 is 10.2 Å². The summed E-state index contributed by atoms with van der Waals surface area (Å²) in [6, 6.07) is 6.10. The number of hydrogen-bond donors (Lipinski definition) is 1. The molecule has 1 amide bonds. The normalized spacial score (nSPS) is 25.1. The van der Waals surface area contributed by atoms with Crippen molar-refractivity contribution in [2.45, 2.75) is 6.92 Å². The maximum absolute atomic E-state index is 12.6. The molecule has 2 aliphatic rings. The van der Waals surface area contributed by atoms with Gasteiger partial charge in [0.25, 0.3) is 5.91 Å². The second kappa shape index (κ2) is 5.97. The summed E-state index contributed by atoms with van der Waals surface area (Å²) in [4.78, 5) is 14.6. The summed E-state index contributed by atoms with van der Waals surface area (Å²) in [6.07, 6.45) is 0. The lowest BCUT2D eigenvalue weighted by atomic mass is 10.0. The number of aryl methyl sites for hydroxylation is 1. The maximum Gasteiger partial charge on any atom is 0.254 e. The molecule has 1 aromatic carbocycles. The van der Waals surface area contributed by atoms with Crippen LogP contribution in [-0.2, 0) is 0 Å². The molecule has 2 aliphatic heterocycles. The van der Waals surface area contributed by atoms with Gasteiger partial charge in [0.05, 0.1) is 5.56 Å². The maximum atomic E-state index is 12.6. The molecule has 1 N–H and O–H groups in total. The molecule has 1 aromatic rings. The molecule has 19 heavy (non-hydrogen) atoms. The summed E-state index contributed by atoms with van der Waals surface area (Å²) >= 11 is 2.25. The minimum absolute atomic E-state index is 0. The molecule has 2 heterocycles. The Hall–Kier alpha value is -0.330. The number of likely N-dealkylation sites (tertiary alicyclic amines) is 1. The molecule has 104 valence electrons. The zero-order valence-corrected chi connectivity index (χ0v) is 13.8. The number of fused-ring (bicyclic) bond motifs is 1. The fraction of sp³-hybridized carbons (Fsp3) is 0.500. The Morgan fingerprint density at radius 1 is 1.32 bits per heavy atom. The molecule has 0 unspecified atom stereocenters. The molecule has 5 heteroatoms. The number of carbonyl (C=O) groups excluding carboxylic acids is 1. The highest BCUT2D eigenvalue weighted by Gasteiger charge is 2.38. The van der Waals surface area contributed by atoms with Crippen molar-refractivity contribution in [3.63, 3.8) is 0 Å². The van der Waals surface area contributed by atoms with Gasteiger partial charge in [0.15, 0.2) is 0 Å². The average molecular weight is 393 g/mol. The Labute approximate surface area is 133 Å². The third kappa shape index (κ3) is 2.90. The highest BCUT2D eigenvalue weighted by molar-refractivity contribution is 14.1. The van der Waals surface area contributed by atoms with Crippen LogP contribution in [0.1, 0.15) is 15.9 Å². The first kappa shape index (κ1) is 15.1. The van der Waals surface area contributed by atoms with Crippen molar-refractivity contribution in [1.29, 1.82) is 0 Å². The number of amides is 1. The second-order valence-electron chi connectivity index (χ2n) is 5.37. The van der Waals surface area contributed by atoms with Gasteiger partial charge in [-0.25, -0.2) is 0 Å². The van der Waals surface area contributed by atoms with Crippen molar-refractivity contribution in [2.24, 2.45) is 11.8 Å². The molecule has 2 saturated heterocycles. The zero-order chi connectivity index (χ0) is 12.7. The molecule has 0 aliphatic carbocycles. The summed E-state index contributed by atoms with van der Waals surface area (Å²) in [5.74, 6) is 1.53. The highest BCUT2D eigenvalue weighted by atomic mass is 127. The van der Waals surface area contributed by atoms with E-state index in [2.05, 4.69) is 34.0 Å². The second-order valence-corrected chi connectivity index (χ2v) is 6.53. The monoisotopic (exact) mass is 392 g/mol. The fourth-order valence-electron chi connectivity index (χ4n) is 2.99. The molecule has 0 saturated carbocycles. The van der Waals surface area contributed by atoms with Gasteiger partial charge in [0.2, 0.25) is 0 Å². The van der Waals surface area contributed by atoms with E-state index in [1.807, 2.05) is 24.0 Å². The molecular formula is C14H18ClIN2O. The van der Waals surface area contributed by atoms with Crippen LogP contribution < -0.4 is 5.32 Å². The molecule has 2 fully saturated rings. The largest absolute Gasteiger partial charge is 0.338 e. The minimum Gasteiger partial charge on any atom is -0.338 e. The first-order valence-electron chi connectivity index (χ1n) is 6.41. The van der Waals surface area contributed by atoms with Crippen LogP contribution in [0, 0.1) is 22.3 Å². The Morgan fingerprint density at radius 2 is 1.95 bits per heavy atom. The third-order valence-corrected chi connectivity index (χ3v) is 4.97. The van der Waals surface area contributed by atoms with E-state index in [1.165, 1.54) is 0 Å². The van der Waals surface area contributed by atoms with E-state index in [0.29, 0.717) is 11.8 Å². The van der Waals surface area contributed by atoms with Gasteiger partial charge >= 0.3 is 0 Å². The van der Waals surface area contributed by atoms with Crippen molar-refractivity contribution < 1.29 is 4.79 Å². The molecular weight excluding hydrogens is 375 g/mol. The van der Waals surface area contributed by atoms with Crippen LogP contribution in [0.3, 0.4) is 0 Å². The standard InChI is InChI=1S/C14H17IN2O.ClH/c1-9-2-3-13(15)12(4-9)14(18)17-7-10-5-16-6-11(10)8-17;/h2-4,10-11,16H,5-8H2,1H3;1H/t10-,11+;.